The van der Waals surface area contributed by atoms with Crippen LogP contribution in [0.3, 0.4) is 0 Å². The molecule has 18 heavy (non-hydrogen) atoms. The molecule has 0 atom stereocenters. The summed E-state index contributed by atoms with van der Waals surface area (Å²) in [5.41, 5.74) is 8.07. The molecule has 0 aliphatic carbocycles. The molecule has 0 amide bonds. The van der Waals surface area contributed by atoms with Crippen molar-refractivity contribution in [1.82, 2.24) is 4.98 Å². The monoisotopic (exact) mass is 259 g/mol. The lowest BCUT2D eigenvalue weighted by molar-refractivity contribution is 0.933. The molecule has 1 saturated heterocycles. The maximum absolute atomic E-state index is 5.83. The SMILES string of the molecule is NCc1nc(N2CCCC2)sc1-c1ccccc1. The molecule has 4 heteroatoms. The first-order chi connectivity index (χ1) is 8.88. The van der Waals surface area contributed by atoms with Gasteiger partial charge in [0.15, 0.2) is 5.13 Å². The Morgan fingerprint density at radius 3 is 2.56 bits per heavy atom. The zero-order chi connectivity index (χ0) is 12.4. The second-order valence-corrected chi connectivity index (χ2v) is 5.51. The first kappa shape index (κ1) is 11.7. The van der Waals surface area contributed by atoms with Crippen LogP contribution in [0.4, 0.5) is 5.13 Å². The van der Waals surface area contributed by atoms with Crippen LogP contribution in [-0.4, -0.2) is 18.1 Å². The second kappa shape index (κ2) is 5.08. The Morgan fingerprint density at radius 1 is 1.17 bits per heavy atom. The van der Waals surface area contributed by atoms with Gasteiger partial charge in [-0.05, 0) is 18.4 Å². The summed E-state index contributed by atoms with van der Waals surface area (Å²) in [6, 6.07) is 10.4. The molecule has 3 nitrogen and oxygen atoms in total. The summed E-state index contributed by atoms with van der Waals surface area (Å²) in [5, 5.41) is 1.13. The summed E-state index contributed by atoms with van der Waals surface area (Å²) in [7, 11) is 0. The summed E-state index contributed by atoms with van der Waals surface area (Å²) >= 11 is 1.77. The molecule has 94 valence electrons. The predicted octanol–water partition coefficient (Wildman–Crippen LogP) is 2.87. The Hall–Kier alpha value is -1.39. The quantitative estimate of drug-likeness (QED) is 0.921. The Labute approximate surface area is 111 Å². The molecule has 1 aliphatic rings. The van der Waals surface area contributed by atoms with E-state index in [0.717, 1.165) is 23.9 Å². The maximum Gasteiger partial charge on any atom is 0.186 e. The van der Waals surface area contributed by atoms with Gasteiger partial charge in [0.05, 0.1) is 10.6 Å². The van der Waals surface area contributed by atoms with Crippen LogP contribution >= 0.6 is 11.3 Å². The highest BCUT2D eigenvalue weighted by molar-refractivity contribution is 7.19. The Morgan fingerprint density at radius 2 is 1.89 bits per heavy atom. The van der Waals surface area contributed by atoms with Gasteiger partial charge in [0.1, 0.15) is 0 Å². The first-order valence-corrected chi connectivity index (χ1v) is 7.20. The van der Waals surface area contributed by atoms with Gasteiger partial charge in [-0.3, -0.25) is 0 Å². The standard InChI is InChI=1S/C14H17N3S/c15-10-12-13(11-6-2-1-3-7-11)18-14(16-12)17-8-4-5-9-17/h1-3,6-7H,4-5,8-10,15H2. The van der Waals surface area contributed by atoms with Crippen molar-refractivity contribution in [2.75, 3.05) is 18.0 Å². The highest BCUT2D eigenvalue weighted by atomic mass is 32.1. The van der Waals surface area contributed by atoms with Gasteiger partial charge in [-0.1, -0.05) is 41.7 Å². The molecule has 3 rings (SSSR count). The van der Waals surface area contributed by atoms with Crippen molar-refractivity contribution in [3.63, 3.8) is 0 Å². The number of nitrogens with zero attached hydrogens (tertiary/aromatic N) is 2. The average molecular weight is 259 g/mol. The van der Waals surface area contributed by atoms with Crippen molar-refractivity contribution in [1.29, 1.82) is 0 Å². The van der Waals surface area contributed by atoms with Crippen LogP contribution in [0.1, 0.15) is 18.5 Å². The summed E-state index contributed by atoms with van der Waals surface area (Å²) in [6.45, 7) is 2.77. The first-order valence-electron chi connectivity index (χ1n) is 6.38. The fourth-order valence-corrected chi connectivity index (χ4v) is 3.49. The normalized spacial score (nSPS) is 15.3. The van der Waals surface area contributed by atoms with Gasteiger partial charge in [0, 0.05) is 19.6 Å². The Balaban J connectivity index is 1.98. The van der Waals surface area contributed by atoms with Crippen LogP contribution in [0, 0.1) is 0 Å². The third-order valence-electron chi connectivity index (χ3n) is 3.29. The minimum Gasteiger partial charge on any atom is -0.348 e. The van der Waals surface area contributed by atoms with Gasteiger partial charge >= 0.3 is 0 Å². The molecule has 0 unspecified atom stereocenters. The highest BCUT2D eigenvalue weighted by Crippen LogP contribution is 2.35. The molecular weight excluding hydrogens is 242 g/mol. The third kappa shape index (κ3) is 2.13. The molecule has 1 aromatic carbocycles. The number of hydrogen-bond donors (Lipinski definition) is 1. The number of rotatable bonds is 3. The smallest absolute Gasteiger partial charge is 0.186 e. The fourth-order valence-electron chi connectivity index (χ4n) is 2.34. The minimum absolute atomic E-state index is 0.508. The minimum atomic E-state index is 0.508. The molecule has 2 aromatic rings. The van der Waals surface area contributed by atoms with Gasteiger partial charge in [0.25, 0.3) is 0 Å². The van der Waals surface area contributed by atoms with E-state index in [0.29, 0.717) is 6.54 Å². The summed E-state index contributed by atoms with van der Waals surface area (Å²) in [4.78, 5) is 8.30. The molecule has 0 saturated carbocycles. The van der Waals surface area contributed by atoms with Crippen molar-refractivity contribution >= 4 is 16.5 Å². The fraction of sp³-hybridized carbons (Fsp3) is 0.357. The summed E-state index contributed by atoms with van der Waals surface area (Å²) in [6.07, 6.45) is 2.55. The third-order valence-corrected chi connectivity index (χ3v) is 4.50. The van der Waals surface area contributed by atoms with E-state index >= 15 is 0 Å². The van der Waals surface area contributed by atoms with Crippen molar-refractivity contribution in [2.24, 2.45) is 5.73 Å². The molecule has 0 spiro atoms. The molecule has 0 bridgehead atoms. The largest absolute Gasteiger partial charge is 0.348 e. The molecule has 1 aromatic heterocycles. The van der Waals surface area contributed by atoms with Crippen LogP contribution < -0.4 is 10.6 Å². The van der Waals surface area contributed by atoms with Crippen molar-refractivity contribution < 1.29 is 0 Å². The number of benzene rings is 1. The van der Waals surface area contributed by atoms with E-state index in [4.69, 9.17) is 10.7 Å². The zero-order valence-corrected chi connectivity index (χ0v) is 11.1. The van der Waals surface area contributed by atoms with Crippen molar-refractivity contribution in [2.45, 2.75) is 19.4 Å². The number of thiazole rings is 1. The van der Waals surface area contributed by atoms with Gasteiger partial charge in [0.2, 0.25) is 0 Å². The Kier molecular flexibility index (Phi) is 3.30. The summed E-state index contributed by atoms with van der Waals surface area (Å²) in [5.74, 6) is 0. The lowest BCUT2D eigenvalue weighted by Crippen LogP contribution is -2.17. The van der Waals surface area contributed by atoms with E-state index in [2.05, 4.69) is 29.2 Å². The molecule has 2 N–H and O–H groups in total. The van der Waals surface area contributed by atoms with Crippen LogP contribution in [0.15, 0.2) is 30.3 Å². The highest BCUT2D eigenvalue weighted by Gasteiger charge is 2.19. The predicted molar refractivity (Wildman–Crippen MR) is 76.9 cm³/mol. The van der Waals surface area contributed by atoms with E-state index in [9.17, 15) is 0 Å². The van der Waals surface area contributed by atoms with Crippen LogP contribution in [0.2, 0.25) is 0 Å². The van der Waals surface area contributed by atoms with Crippen molar-refractivity contribution in [3.8, 4) is 10.4 Å². The number of anilines is 1. The molecule has 0 radical (unpaired) electrons. The van der Waals surface area contributed by atoms with E-state index < -0.39 is 0 Å². The zero-order valence-electron chi connectivity index (χ0n) is 10.3. The topological polar surface area (TPSA) is 42.1 Å². The maximum atomic E-state index is 5.83. The number of aromatic nitrogens is 1. The molecular formula is C14H17N3S. The number of nitrogens with two attached hydrogens (primary N) is 1. The molecule has 1 aliphatic heterocycles. The van der Waals surface area contributed by atoms with Gasteiger partial charge in [-0.25, -0.2) is 4.98 Å². The molecule has 1 fully saturated rings. The van der Waals surface area contributed by atoms with E-state index in [1.807, 2.05) is 6.07 Å². The summed E-state index contributed by atoms with van der Waals surface area (Å²) < 4.78 is 0. The van der Waals surface area contributed by atoms with E-state index in [1.165, 1.54) is 23.3 Å². The lowest BCUT2D eigenvalue weighted by Gasteiger charge is -2.12. The van der Waals surface area contributed by atoms with Gasteiger partial charge < -0.3 is 10.6 Å². The lowest BCUT2D eigenvalue weighted by atomic mass is 10.1. The van der Waals surface area contributed by atoms with Crippen LogP contribution in [0.25, 0.3) is 10.4 Å². The van der Waals surface area contributed by atoms with Gasteiger partial charge in [-0.2, -0.15) is 0 Å². The van der Waals surface area contributed by atoms with Crippen LogP contribution in [0.5, 0.6) is 0 Å². The van der Waals surface area contributed by atoms with Crippen molar-refractivity contribution in [3.05, 3.63) is 36.0 Å². The molecule has 2 heterocycles. The average Bonchev–Trinajstić information content (AvgIpc) is 3.08. The van der Waals surface area contributed by atoms with Crippen LogP contribution in [-0.2, 0) is 6.54 Å². The Bertz CT molecular complexity index is 515. The number of hydrogen-bond acceptors (Lipinski definition) is 4. The van der Waals surface area contributed by atoms with Gasteiger partial charge in [-0.15, -0.1) is 0 Å². The second-order valence-electron chi connectivity index (χ2n) is 4.54. The van der Waals surface area contributed by atoms with E-state index in [1.54, 1.807) is 11.3 Å². The van der Waals surface area contributed by atoms with E-state index in [-0.39, 0.29) is 0 Å².